The summed E-state index contributed by atoms with van der Waals surface area (Å²) in [6.07, 6.45) is 1.56. The number of hydrogen-bond donors (Lipinski definition) is 3. The van der Waals surface area contributed by atoms with E-state index < -0.39 is 10.0 Å². The first-order chi connectivity index (χ1) is 9.88. The van der Waals surface area contributed by atoms with Gasteiger partial charge >= 0.3 is 0 Å². The van der Waals surface area contributed by atoms with Crippen molar-refractivity contribution in [2.24, 2.45) is 10.9 Å². The first-order valence-corrected chi connectivity index (χ1v) is 7.45. The molecule has 1 amide bonds. The molecule has 112 valence electrons. The van der Waals surface area contributed by atoms with Gasteiger partial charge in [0.2, 0.25) is 15.9 Å². The summed E-state index contributed by atoms with van der Waals surface area (Å²) in [4.78, 5) is 11.8. The lowest BCUT2D eigenvalue weighted by Crippen LogP contribution is -2.19. The van der Waals surface area contributed by atoms with Gasteiger partial charge in [-0.05, 0) is 18.2 Å². The Morgan fingerprint density at radius 2 is 2.14 bits per heavy atom. The first-order valence-electron chi connectivity index (χ1n) is 5.90. The number of nitrogens with one attached hydrogen (secondary N) is 1. The Hall–Kier alpha value is -2.30. The fourth-order valence-corrected chi connectivity index (χ4v) is 2.17. The van der Waals surface area contributed by atoms with Crippen LogP contribution in [0.4, 0.5) is 5.69 Å². The smallest absolute Gasteiger partial charge is 0.246 e. The molecule has 0 aliphatic heterocycles. The van der Waals surface area contributed by atoms with Gasteiger partial charge < -0.3 is 11.1 Å². The summed E-state index contributed by atoms with van der Waals surface area (Å²) < 4.78 is 23.8. The summed E-state index contributed by atoms with van der Waals surface area (Å²) in [7, 11) is -3.81. The fraction of sp³-hybridized carbons (Fsp3) is 0.182. The number of primary sulfonamides is 1. The van der Waals surface area contributed by atoms with E-state index in [1.165, 1.54) is 22.9 Å². The van der Waals surface area contributed by atoms with Crippen molar-refractivity contribution in [1.29, 1.82) is 0 Å². The molecule has 0 radical (unpaired) electrons. The summed E-state index contributed by atoms with van der Waals surface area (Å²) in [6.45, 7) is 0.171. The number of nitrogens with two attached hydrogens (primary N) is 2. The van der Waals surface area contributed by atoms with E-state index in [0.717, 1.165) is 0 Å². The van der Waals surface area contributed by atoms with Crippen molar-refractivity contribution in [3.05, 3.63) is 36.2 Å². The molecular weight excluding hydrogens is 296 g/mol. The zero-order valence-electron chi connectivity index (χ0n) is 10.9. The minimum atomic E-state index is -3.81. The molecule has 0 saturated carbocycles. The Morgan fingerprint density at radius 1 is 1.38 bits per heavy atom. The Kier molecular flexibility index (Phi) is 4.31. The third-order valence-electron chi connectivity index (χ3n) is 2.55. The molecule has 0 spiro atoms. The first kappa shape index (κ1) is 15.1. The topological polar surface area (TPSA) is 146 Å². The second kappa shape index (κ2) is 5.99. The molecule has 1 aromatic carbocycles. The molecule has 0 bridgehead atoms. The van der Waals surface area contributed by atoms with Crippen LogP contribution in [0.3, 0.4) is 0 Å². The van der Waals surface area contributed by atoms with Crippen molar-refractivity contribution < 1.29 is 13.2 Å². The van der Waals surface area contributed by atoms with Gasteiger partial charge in [0, 0.05) is 12.2 Å². The Morgan fingerprint density at radius 3 is 2.76 bits per heavy atom. The largest absolute Gasteiger partial charge is 0.325 e. The van der Waals surface area contributed by atoms with Crippen LogP contribution < -0.4 is 16.2 Å². The normalized spacial score (nSPS) is 11.3. The van der Waals surface area contributed by atoms with E-state index in [0.29, 0.717) is 11.4 Å². The number of aromatic nitrogens is 3. The highest BCUT2D eigenvalue weighted by molar-refractivity contribution is 7.89. The third kappa shape index (κ3) is 4.08. The van der Waals surface area contributed by atoms with E-state index in [2.05, 4.69) is 15.6 Å². The maximum absolute atomic E-state index is 11.8. The SMILES string of the molecule is NCc1cn(CC(=O)Nc2cccc(S(N)(=O)=O)c2)nn1. The van der Waals surface area contributed by atoms with E-state index in [-0.39, 0.29) is 23.9 Å². The van der Waals surface area contributed by atoms with E-state index in [4.69, 9.17) is 10.9 Å². The Labute approximate surface area is 121 Å². The van der Waals surface area contributed by atoms with Gasteiger partial charge in [-0.15, -0.1) is 5.10 Å². The number of carbonyl (C=O) groups is 1. The molecule has 0 atom stereocenters. The molecule has 10 heteroatoms. The predicted molar refractivity (Wildman–Crippen MR) is 74.4 cm³/mol. The van der Waals surface area contributed by atoms with Crippen LogP contribution in [0.5, 0.6) is 0 Å². The van der Waals surface area contributed by atoms with E-state index in [9.17, 15) is 13.2 Å². The molecule has 0 saturated heterocycles. The third-order valence-corrected chi connectivity index (χ3v) is 3.46. The van der Waals surface area contributed by atoms with Crippen molar-refractivity contribution in [3.63, 3.8) is 0 Å². The lowest BCUT2D eigenvalue weighted by atomic mass is 10.3. The Bertz CT molecular complexity index is 755. The lowest BCUT2D eigenvalue weighted by molar-refractivity contribution is -0.116. The number of anilines is 1. The second-order valence-electron chi connectivity index (χ2n) is 4.23. The minimum absolute atomic E-state index is 0.0629. The summed E-state index contributed by atoms with van der Waals surface area (Å²) in [6, 6.07) is 5.66. The van der Waals surface area contributed by atoms with Gasteiger partial charge in [0.05, 0.1) is 16.8 Å². The molecular formula is C11H14N6O3S. The lowest BCUT2D eigenvalue weighted by Gasteiger charge is -2.06. The van der Waals surface area contributed by atoms with Crippen molar-refractivity contribution in [2.75, 3.05) is 5.32 Å². The molecule has 9 nitrogen and oxygen atoms in total. The molecule has 2 aromatic rings. The summed E-state index contributed by atoms with van der Waals surface area (Å²) in [5.74, 6) is -0.380. The molecule has 1 aromatic heterocycles. The van der Waals surface area contributed by atoms with Crippen LogP contribution in [-0.2, 0) is 27.9 Å². The van der Waals surface area contributed by atoms with Gasteiger partial charge in [-0.1, -0.05) is 11.3 Å². The number of amides is 1. The van der Waals surface area contributed by atoms with Crippen LogP contribution >= 0.6 is 0 Å². The van der Waals surface area contributed by atoms with Crippen molar-refractivity contribution in [2.45, 2.75) is 18.0 Å². The van der Waals surface area contributed by atoms with Crippen LogP contribution in [0.15, 0.2) is 35.4 Å². The van der Waals surface area contributed by atoms with Gasteiger partial charge in [-0.25, -0.2) is 18.2 Å². The van der Waals surface area contributed by atoms with Crippen LogP contribution in [0.25, 0.3) is 0 Å². The van der Waals surface area contributed by atoms with Gasteiger partial charge in [0.15, 0.2) is 0 Å². The van der Waals surface area contributed by atoms with Crippen LogP contribution in [0.1, 0.15) is 5.69 Å². The monoisotopic (exact) mass is 310 g/mol. The van der Waals surface area contributed by atoms with Crippen molar-refractivity contribution in [1.82, 2.24) is 15.0 Å². The maximum atomic E-state index is 11.8. The van der Waals surface area contributed by atoms with Crippen LogP contribution in [0.2, 0.25) is 0 Å². The summed E-state index contributed by atoms with van der Waals surface area (Å²) >= 11 is 0. The van der Waals surface area contributed by atoms with Crippen molar-refractivity contribution in [3.8, 4) is 0 Å². The maximum Gasteiger partial charge on any atom is 0.246 e. The highest BCUT2D eigenvalue weighted by Crippen LogP contribution is 2.14. The number of rotatable bonds is 5. The summed E-state index contributed by atoms with van der Waals surface area (Å²) in [5.41, 5.74) is 6.28. The molecule has 21 heavy (non-hydrogen) atoms. The standard InChI is InChI=1S/C11H14N6O3S/c12-5-9-6-17(16-15-9)7-11(18)14-8-2-1-3-10(4-8)21(13,19)20/h1-4,6H,5,7,12H2,(H,14,18)(H2,13,19,20). The average molecular weight is 310 g/mol. The molecule has 0 aliphatic rings. The quantitative estimate of drug-likeness (QED) is 0.647. The number of sulfonamides is 1. The second-order valence-corrected chi connectivity index (χ2v) is 5.79. The van der Waals surface area contributed by atoms with Crippen LogP contribution in [0, 0.1) is 0 Å². The molecule has 0 unspecified atom stereocenters. The molecule has 0 aliphatic carbocycles. The van der Waals surface area contributed by atoms with Gasteiger partial charge in [0.1, 0.15) is 6.54 Å². The molecule has 2 rings (SSSR count). The van der Waals surface area contributed by atoms with Gasteiger partial charge in [-0.2, -0.15) is 0 Å². The predicted octanol–water partition coefficient (Wildman–Crippen LogP) is -0.977. The van der Waals surface area contributed by atoms with Gasteiger partial charge in [0.25, 0.3) is 0 Å². The van der Waals surface area contributed by atoms with Crippen molar-refractivity contribution >= 4 is 21.6 Å². The number of nitrogens with zero attached hydrogens (tertiary/aromatic N) is 3. The fourth-order valence-electron chi connectivity index (χ4n) is 1.61. The number of carbonyl (C=O) groups excluding carboxylic acids is 1. The minimum Gasteiger partial charge on any atom is -0.325 e. The van der Waals surface area contributed by atoms with Crippen LogP contribution in [-0.4, -0.2) is 29.3 Å². The summed E-state index contributed by atoms with van der Waals surface area (Å²) in [5, 5.41) is 15.1. The zero-order valence-corrected chi connectivity index (χ0v) is 11.7. The molecule has 1 heterocycles. The zero-order chi connectivity index (χ0) is 15.5. The Balaban J connectivity index is 2.06. The van der Waals surface area contributed by atoms with E-state index >= 15 is 0 Å². The average Bonchev–Trinajstić information content (AvgIpc) is 2.85. The number of benzene rings is 1. The highest BCUT2D eigenvalue weighted by atomic mass is 32.2. The highest BCUT2D eigenvalue weighted by Gasteiger charge is 2.10. The van der Waals surface area contributed by atoms with Gasteiger partial charge in [-0.3, -0.25) is 4.79 Å². The molecule has 5 N–H and O–H groups in total. The number of hydrogen-bond acceptors (Lipinski definition) is 6. The van der Waals surface area contributed by atoms with E-state index in [1.807, 2.05) is 0 Å². The molecule has 0 fully saturated rings. The van der Waals surface area contributed by atoms with E-state index in [1.54, 1.807) is 12.3 Å².